The summed E-state index contributed by atoms with van der Waals surface area (Å²) in [6, 6.07) is -3.72. The van der Waals surface area contributed by atoms with Gasteiger partial charge >= 0.3 is 45.3 Å². The molecule has 2 heterocycles. The van der Waals surface area contributed by atoms with Gasteiger partial charge < -0.3 is 78.5 Å². The minimum atomic E-state index is -5.69. The number of rotatable bonds is 99. The van der Waals surface area contributed by atoms with E-state index in [1.807, 2.05) is 0 Å². The lowest BCUT2D eigenvalue weighted by molar-refractivity contribution is -0.296. The first-order valence-corrected chi connectivity index (χ1v) is 61.5. The van der Waals surface area contributed by atoms with Crippen molar-refractivity contribution in [2.75, 3.05) is 19.9 Å². The third kappa shape index (κ3) is 73.4. The van der Waals surface area contributed by atoms with Crippen molar-refractivity contribution in [3.63, 3.8) is 0 Å². The number of amides is 2. The smallest absolute Gasteiger partial charge is 0.462 e. The molecule has 2 amide bonds. The number of carbonyl (C=O) groups is 7. The van der Waals surface area contributed by atoms with Crippen LogP contribution in [0.4, 0.5) is 0 Å². The molecule has 2 aliphatic rings. The highest BCUT2D eigenvalue weighted by Crippen LogP contribution is 2.45. The number of phosphoric ester groups is 1. The summed E-state index contributed by atoms with van der Waals surface area (Å²) in [5, 5.41) is 41.4. The fourth-order valence-corrected chi connectivity index (χ4v) is 20.4. The zero-order chi connectivity index (χ0) is 103. The van der Waals surface area contributed by atoms with Crippen molar-refractivity contribution in [3.05, 3.63) is 0 Å². The normalized spacial score (nSPS) is 19.6. The van der Waals surface area contributed by atoms with Gasteiger partial charge in [0.15, 0.2) is 24.8 Å². The third-order valence-corrected chi connectivity index (χ3v) is 28.8. The number of nitrogens with one attached hydrogen (secondary N) is 2. The minimum Gasteiger partial charge on any atom is -0.462 e. The minimum absolute atomic E-state index is 0.0850. The Labute approximate surface area is 850 Å². The van der Waals surface area contributed by atoms with E-state index < -0.39 is 182 Å². The molecule has 0 saturated carbocycles. The Morgan fingerprint density at radius 1 is 0.307 bits per heavy atom. The first kappa shape index (κ1) is 132. The number of hydrogen-bond acceptors (Lipinski definition) is 22. The van der Waals surface area contributed by atoms with Gasteiger partial charge in [0.25, 0.3) is 0 Å². The number of hydrogen-bond donors (Lipinski definition) is 8. The van der Waals surface area contributed by atoms with Crippen LogP contribution in [0.25, 0.3) is 0 Å². The number of aliphatic hydroxyl groups excluding tert-OH is 3. The number of aliphatic hydroxyl groups is 3. The molecule has 2 aliphatic heterocycles. The second kappa shape index (κ2) is 89.3. The number of carbonyl (C=O) groups excluding carboxylic acids is 7. The van der Waals surface area contributed by atoms with Crippen LogP contribution in [0, 0.1) is 0 Å². The van der Waals surface area contributed by atoms with Gasteiger partial charge in [0.05, 0.1) is 45.0 Å². The molecule has 29 heteroatoms. The monoisotopic (exact) mass is 2030 g/mol. The molecule has 0 aromatic rings. The van der Waals surface area contributed by atoms with E-state index in [1.165, 1.54) is 122 Å². The lowest BCUT2D eigenvalue weighted by Crippen LogP contribution is -2.68. The highest BCUT2D eigenvalue weighted by Gasteiger charge is 2.55. The molecule has 0 aromatic carbocycles. The molecule has 0 bridgehead atoms. The summed E-state index contributed by atoms with van der Waals surface area (Å²) in [6.45, 7) is 14.1. The molecular weight excluding hydrogens is 1820 g/mol. The molecule has 15 atom stereocenters. The van der Waals surface area contributed by atoms with E-state index in [2.05, 4.69) is 59.1 Å². The molecule has 2 rings (SSSR count). The Morgan fingerprint density at radius 3 is 0.857 bits per heavy atom. The Balaban J connectivity index is 2.93. The molecule has 0 aromatic heterocycles. The van der Waals surface area contributed by atoms with Gasteiger partial charge in [-0.1, -0.05) is 453 Å². The van der Waals surface area contributed by atoms with Crippen molar-refractivity contribution in [2.45, 2.75) is 648 Å². The zero-order valence-corrected chi connectivity index (χ0v) is 91.7. The van der Waals surface area contributed by atoms with E-state index in [0.29, 0.717) is 51.4 Å². The summed E-state index contributed by atoms with van der Waals surface area (Å²) in [6.07, 6.45) is 50.1. The topological polar surface area (TPSA) is 391 Å². The first-order chi connectivity index (χ1) is 67.7. The van der Waals surface area contributed by atoms with Crippen molar-refractivity contribution in [3.8, 4) is 0 Å². The van der Waals surface area contributed by atoms with Gasteiger partial charge in [0.2, 0.25) is 11.8 Å². The molecule has 824 valence electrons. The highest BCUT2D eigenvalue weighted by molar-refractivity contribution is 7.51. The van der Waals surface area contributed by atoms with Crippen molar-refractivity contribution >= 4 is 57.1 Å². The SMILES string of the molecule is CCCCCCCCCCCCCCCC(=O)OC(CCCCCCCCCCC)CC(=O)NC1[C@@H](OP(C)(=O)O)OC(CO[C@@H]2OC(CO)[C@@H](OP(=O)(O)O)[C@H](OC(=O)CC(CCCCCCCCCCC)OC(=O)CCCCCCCCCCCCC)C2NC(=O)CC(CCCCCCCCCCC)OC(=O)CCCCCCCCCCC)[C@@H](O)[C@@H]1OC(=O)CC(O)CCCCCCCCCCC. The van der Waals surface area contributed by atoms with Gasteiger partial charge in [-0.05, 0) is 64.2 Å². The van der Waals surface area contributed by atoms with Crippen LogP contribution in [0.5, 0.6) is 0 Å². The third-order valence-electron chi connectivity index (χ3n) is 27.7. The van der Waals surface area contributed by atoms with Gasteiger partial charge in [-0.2, -0.15) is 0 Å². The lowest BCUT2D eigenvalue weighted by atomic mass is 9.95. The maximum atomic E-state index is 15.4. The average molecular weight is 2030 g/mol. The number of ether oxygens (including phenoxy) is 8. The summed E-state index contributed by atoms with van der Waals surface area (Å²) < 4.78 is 89.0. The average Bonchev–Trinajstić information content (AvgIpc) is 0.778. The zero-order valence-electron chi connectivity index (χ0n) is 89.9. The van der Waals surface area contributed by atoms with Crippen LogP contribution >= 0.6 is 15.4 Å². The van der Waals surface area contributed by atoms with Crippen molar-refractivity contribution in [2.24, 2.45) is 0 Å². The molecule has 0 aliphatic carbocycles. The summed E-state index contributed by atoms with van der Waals surface area (Å²) in [7, 11) is -10.4. The van der Waals surface area contributed by atoms with E-state index >= 15 is 9.59 Å². The summed E-state index contributed by atoms with van der Waals surface area (Å²) in [5.74, 6) is -5.28. The van der Waals surface area contributed by atoms with Crippen molar-refractivity contribution < 1.29 is 120 Å². The second-order valence-corrected chi connectivity index (χ2v) is 44.3. The quantitative estimate of drug-likeness (QED) is 0.0121. The van der Waals surface area contributed by atoms with Crippen LogP contribution in [-0.2, 0) is 89.6 Å². The van der Waals surface area contributed by atoms with Crippen molar-refractivity contribution in [1.29, 1.82) is 0 Å². The number of phosphoric acid groups is 1. The van der Waals surface area contributed by atoms with Crippen LogP contribution in [0.3, 0.4) is 0 Å². The standard InChI is InChI=1S/C111H210N2O25P2/c1-9-16-23-30-37-44-46-47-49-56-63-69-76-83-99(118)130-92(79-72-65-58-51-40-33-26-19-12-4)86-97(116)112-104-108(135-102(121)85-91(115)78-71-64-57-50-39-32-25-18-11-3)106(123)96(134-111(104)138-139(8,124)125)90-129-110-105(113-98(117)87-93(80-73-66-59-52-41-34-27-20-13-5)131-100(119)82-75-68-61-54-43-36-29-22-15-7)109(107(95(89-114)133-110)137-140(126,127)128)136-103(122)88-94(81-74-67-60-53-42-35-28-21-14-6)132-101(120)84-77-70-62-55-48-45-38-31-24-17-10-2/h91-96,104-111,114-115,123H,9-90H2,1-8H3,(H,112,116)(H,113,117)(H,124,125)(H2,126,127,128)/t91?,92?,93?,94?,95?,96?,104?,105?,106-,107-,108-,109-,110-,111-/m1/s1. The number of unbranched alkanes of at least 4 members (excludes halogenated alkanes) is 62. The molecule has 0 radical (unpaired) electrons. The molecule has 2 fully saturated rings. The number of esters is 5. The van der Waals surface area contributed by atoms with Crippen LogP contribution in [0.15, 0.2) is 0 Å². The Kier molecular flexibility index (Phi) is 84.5. The van der Waals surface area contributed by atoms with E-state index in [4.69, 9.17) is 46.9 Å². The van der Waals surface area contributed by atoms with Gasteiger partial charge in [-0.3, -0.25) is 47.2 Å². The van der Waals surface area contributed by atoms with Crippen LogP contribution < -0.4 is 10.6 Å². The molecule has 27 nitrogen and oxygen atoms in total. The summed E-state index contributed by atoms with van der Waals surface area (Å²) in [5.41, 5.74) is 0. The van der Waals surface area contributed by atoms with Gasteiger partial charge in [-0.25, -0.2) is 4.57 Å². The Morgan fingerprint density at radius 2 is 0.564 bits per heavy atom. The maximum absolute atomic E-state index is 15.4. The first-order valence-electron chi connectivity index (χ1n) is 57.9. The highest BCUT2D eigenvalue weighted by atomic mass is 31.2. The predicted molar refractivity (Wildman–Crippen MR) is 558 cm³/mol. The van der Waals surface area contributed by atoms with Crippen LogP contribution in [-0.4, -0.2) is 177 Å². The second-order valence-electron chi connectivity index (χ2n) is 41.3. The van der Waals surface area contributed by atoms with E-state index in [-0.39, 0.29) is 38.5 Å². The molecule has 2 saturated heterocycles. The van der Waals surface area contributed by atoms with E-state index in [9.17, 15) is 63.1 Å². The summed E-state index contributed by atoms with van der Waals surface area (Å²) in [4.78, 5) is 135. The van der Waals surface area contributed by atoms with Crippen molar-refractivity contribution in [1.82, 2.24) is 10.6 Å². The Hall–Kier alpha value is -3.69. The van der Waals surface area contributed by atoms with Crippen LogP contribution in [0.1, 0.15) is 562 Å². The van der Waals surface area contributed by atoms with Gasteiger partial charge in [-0.15, -0.1) is 0 Å². The fourth-order valence-electron chi connectivity index (χ4n) is 19.3. The van der Waals surface area contributed by atoms with Crippen LogP contribution in [0.2, 0.25) is 0 Å². The van der Waals surface area contributed by atoms with E-state index in [1.54, 1.807) is 0 Å². The molecule has 8 N–H and O–H groups in total. The molecular formula is C111H210N2O25P2. The summed E-state index contributed by atoms with van der Waals surface area (Å²) >= 11 is 0. The fraction of sp³-hybridized carbons (Fsp3) is 0.937. The van der Waals surface area contributed by atoms with Gasteiger partial charge in [0, 0.05) is 25.9 Å². The lowest BCUT2D eigenvalue weighted by Gasteiger charge is -2.47. The molecule has 9 unspecified atom stereocenters. The molecule has 0 spiro atoms. The predicted octanol–water partition coefficient (Wildman–Crippen LogP) is 27.4. The Bertz CT molecular complexity index is 3090. The molecule has 140 heavy (non-hydrogen) atoms. The largest absolute Gasteiger partial charge is 0.470 e. The maximum Gasteiger partial charge on any atom is 0.470 e. The van der Waals surface area contributed by atoms with Gasteiger partial charge in [0.1, 0.15) is 54.8 Å². The van der Waals surface area contributed by atoms with E-state index in [0.717, 1.165) is 283 Å².